The Morgan fingerprint density at radius 3 is 2.58 bits per heavy atom. The van der Waals surface area contributed by atoms with Crippen LogP contribution in [0.4, 0.5) is 5.69 Å². The van der Waals surface area contributed by atoms with Crippen molar-refractivity contribution in [1.82, 2.24) is 0 Å². The molecule has 3 nitrogen and oxygen atoms in total. The molecule has 98 valence electrons. The smallest absolute Gasteiger partial charge is 0.248 e. The van der Waals surface area contributed by atoms with E-state index in [1.165, 1.54) is 0 Å². The Balaban J connectivity index is 2.60. The maximum atomic E-state index is 11.4. The zero-order valence-electron chi connectivity index (χ0n) is 11.2. The van der Waals surface area contributed by atoms with Gasteiger partial charge in [0.25, 0.3) is 0 Å². The van der Waals surface area contributed by atoms with E-state index in [4.69, 9.17) is 11.5 Å². The van der Waals surface area contributed by atoms with Gasteiger partial charge in [-0.1, -0.05) is 37.3 Å². The van der Waals surface area contributed by atoms with E-state index in [2.05, 4.69) is 6.92 Å². The first kappa shape index (κ1) is 13.1. The van der Waals surface area contributed by atoms with Crippen molar-refractivity contribution in [3.63, 3.8) is 0 Å². The van der Waals surface area contributed by atoms with E-state index in [0.29, 0.717) is 5.56 Å². The van der Waals surface area contributed by atoms with Crippen LogP contribution in [0.25, 0.3) is 11.1 Å². The summed E-state index contributed by atoms with van der Waals surface area (Å²) >= 11 is 0. The Labute approximate surface area is 113 Å². The zero-order valence-corrected chi connectivity index (χ0v) is 11.2. The van der Waals surface area contributed by atoms with Crippen molar-refractivity contribution in [2.75, 3.05) is 5.73 Å². The van der Waals surface area contributed by atoms with Gasteiger partial charge in [-0.15, -0.1) is 0 Å². The topological polar surface area (TPSA) is 69.1 Å². The lowest BCUT2D eigenvalue weighted by Gasteiger charge is -2.11. The van der Waals surface area contributed by atoms with Crippen LogP contribution in [0.1, 0.15) is 28.4 Å². The molecule has 3 heteroatoms. The van der Waals surface area contributed by atoms with Gasteiger partial charge in [0.15, 0.2) is 0 Å². The molecule has 0 saturated carbocycles. The molecule has 19 heavy (non-hydrogen) atoms. The molecule has 2 rings (SSSR count). The third-order valence-electron chi connectivity index (χ3n) is 3.39. The third kappa shape index (κ3) is 2.45. The fourth-order valence-corrected chi connectivity index (χ4v) is 2.23. The molecule has 0 saturated heterocycles. The van der Waals surface area contributed by atoms with Gasteiger partial charge in [0, 0.05) is 16.8 Å². The highest BCUT2D eigenvalue weighted by molar-refractivity contribution is 5.96. The first-order valence-electron chi connectivity index (χ1n) is 6.32. The number of hydrogen-bond acceptors (Lipinski definition) is 2. The molecule has 0 aliphatic heterocycles. The number of carbonyl (C=O) groups excluding carboxylic acids is 1. The zero-order chi connectivity index (χ0) is 14.0. The molecule has 2 aromatic carbocycles. The molecular formula is C16H18N2O. The molecule has 0 bridgehead atoms. The predicted octanol–water partition coefficient (Wildman–Crippen LogP) is 2.91. The van der Waals surface area contributed by atoms with Gasteiger partial charge in [-0.05, 0) is 36.1 Å². The summed E-state index contributed by atoms with van der Waals surface area (Å²) in [5, 5.41) is 0. The first-order valence-corrected chi connectivity index (χ1v) is 6.32. The lowest BCUT2D eigenvalue weighted by atomic mass is 9.96. The molecule has 4 N–H and O–H groups in total. The number of nitrogens with two attached hydrogens (primary N) is 2. The number of carbonyl (C=O) groups is 1. The van der Waals surface area contributed by atoms with Gasteiger partial charge in [0.05, 0.1) is 0 Å². The number of rotatable bonds is 3. The molecule has 0 spiro atoms. The molecular weight excluding hydrogens is 236 g/mol. The van der Waals surface area contributed by atoms with Crippen LogP contribution in [0, 0.1) is 6.92 Å². The minimum atomic E-state index is -0.412. The Kier molecular flexibility index (Phi) is 3.56. The van der Waals surface area contributed by atoms with Crippen LogP contribution in [-0.2, 0) is 6.42 Å². The molecule has 2 aromatic rings. The van der Waals surface area contributed by atoms with Crippen LogP contribution in [-0.4, -0.2) is 5.91 Å². The minimum Gasteiger partial charge on any atom is -0.398 e. The summed E-state index contributed by atoms with van der Waals surface area (Å²) in [5.74, 6) is -0.412. The summed E-state index contributed by atoms with van der Waals surface area (Å²) in [4.78, 5) is 11.4. The second-order valence-electron chi connectivity index (χ2n) is 4.63. The maximum Gasteiger partial charge on any atom is 0.248 e. The van der Waals surface area contributed by atoms with Gasteiger partial charge < -0.3 is 11.5 Å². The van der Waals surface area contributed by atoms with Crippen LogP contribution in [0.5, 0.6) is 0 Å². The monoisotopic (exact) mass is 254 g/mol. The molecule has 0 aliphatic rings. The fourth-order valence-electron chi connectivity index (χ4n) is 2.23. The van der Waals surface area contributed by atoms with Crippen LogP contribution in [0.2, 0.25) is 0 Å². The van der Waals surface area contributed by atoms with E-state index >= 15 is 0 Å². The number of para-hydroxylation sites is 1. The van der Waals surface area contributed by atoms with Crippen molar-refractivity contribution in [1.29, 1.82) is 0 Å². The van der Waals surface area contributed by atoms with Crippen molar-refractivity contribution in [2.45, 2.75) is 20.3 Å². The Morgan fingerprint density at radius 1 is 1.21 bits per heavy atom. The van der Waals surface area contributed by atoms with Gasteiger partial charge >= 0.3 is 0 Å². The summed E-state index contributed by atoms with van der Waals surface area (Å²) in [7, 11) is 0. The second kappa shape index (κ2) is 5.14. The molecule has 0 unspecified atom stereocenters. The summed E-state index contributed by atoms with van der Waals surface area (Å²) in [6.45, 7) is 3.94. The Morgan fingerprint density at radius 2 is 1.95 bits per heavy atom. The average molecular weight is 254 g/mol. The predicted molar refractivity (Wildman–Crippen MR) is 78.9 cm³/mol. The van der Waals surface area contributed by atoms with Gasteiger partial charge in [-0.25, -0.2) is 0 Å². The second-order valence-corrected chi connectivity index (χ2v) is 4.63. The highest BCUT2D eigenvalue weighted by Crippen LogP contribution is 2.30. The van der Waals surface area contributed by atoms with Crippen LogP contribution >= 0.6 is 0 Å². The van der Waals surface area contributed by atoms with Crippen molar-refractivity contribution in [3.8, 4) is 11.1 Å². The van der Waals surface area contributed by atoms with E-state index in [-0.39, 0.29) is 0 Å². The normalized spacial score (nSPS) is 10.4. The highest BCUT2D eigenvalue weighted by atomic mass is 16.1. The van der Waals surface area contributed by atoms with E-state index < -0.39 is 5.91 Å². The minimum absolute atomic E-state index is 0.412. The van der Waals surface area contributed by atoms with E-state index in [1.807, 2.05) is 43.3 Å². The number of primary amides is 1. The molecule has 0 aromatic heterocycles. The Bertz CT molecular complexity index is 633. The lowest BCUT2D eigenvalue weighted by molar-refractivity contribution is 0.1000. The largest absolute Gasteiger partial charge is 0.398 e. The molecule has 1 amide bonds. The highest BCUT2D eigenvalue weighted by Gasteiger charge is 2.10. The number of amides is 1. The first-order chi connectivity index (χ1) is 9.04. The number of anilines is 1. The SMILES string of the molecule is CCc1cccc(-c2ccc(C)c(C(N)=O)c2)c1N. The number of aryl methyl sites for hydroxylation is 2. The summed E-state index contributed by atoms with van der Waals surface area (Å²) < 4.78 is 0. The van der Waals surface area contributed by atoms with Gasteiger partial charge in [0.1, 0.15) is 0 Å². The van der Waals surface area contributed by atoms with Gasteiger partial charge in [-0.2, -0.15) is 0 Å². The van der Waals surface area contributed by atoms with E-state index in [9.17, 15) is 4.79 Å². The van der Waals surface area contributed by atoms with Gasteiger partial charge in [-0.3, -0.25) is 4.79 Å². The molecule has 0 radical (unpaired) electrons. The number of hydrogen-bond donors (Lipinski definition) is 2. The van der Waals surface area contributed by atoms with Crippen LogP contribution in [0.15, 0.2) is 36.4 Å². The van der Waals surface area contributed by atoms with Crippen LogP contribution in [0.3, 0.4) is 0 Å². The summed E-state index contributed by atoms with van der Waals surface area (Å²) in [6, 6.07) is 11.6. The van der Waals surface area contributed by atoms with E-state index in [1.54, 1.807) is 0 Å². The van der Waals surface area contributed by atoms with E-state index in [0.717, 1.165) is 34.4 Å². The third-order valence-corrected chi connectivity index (χ3v) is 3.39. The number of nitrogen functional groups attached to an aromatic ring is 1. The Hall–Kier alpha value is -2.29. The molecule has 0 heterocycles. The molecule has 0 atom stereocenters. The van der Waals surface area contributed by atoms with Crippen molar-refractivity contribution in [2.24, 2.45) is 5.73 Å². The quantitative estimate of drug-likeness (QED) is 0.827. The maximum absolute atomic E-state index is 11.4. The van der Waals surface area contributed by atoms with Crippen LogP contribution < -0.4 is 11.5 Å². The standard InChI is InChI=1S/C16H18N2O/c1-3-11-5-4-6-13(15(11)17)12-8-7-10(2)14(9-12)16(18)19/h4-9H,3,17H2,1-2H3,(H2,18,19). The van der Waals surface area contributed by atoms with Crippen molar-refractivity contribution < 1.29 is 4.79 Å². The van der Waals surface area contributed by atoms with Crippen molar-refractivity contribution in [3.05, 3.63) is 53.1 Å². The van der Waals surface area contributed by atoms with Crippen molar-refractivity contribution >= 4 is 11.6 Å². The summed E-state index contributed by atoms with van der Waals surface area (Å²) in [6.07, 6.45) is 0.883. The fraction of sp³-hybridized carbons (Fsp3) is 0.188. The lowest BCUT2D eigenvalue weighted by Crippen LogP contribution is -2.12. The molecule has 0 fully saturated rings. The summed E-state index contributed by atoms with van der Waals surface area (Å²) in [5.41, 5.74) is 16.7. The average Bonchev–Trinajstić information content (AvgIpc) is 2.39. The number of benzene rings is 2. The van der Waals surface area contributed by atoms with Gasteiger partial charge in [0.2, 0.25) is 5.91 Å². The molecule has 0 aliphatic carbocycles.